The number of hydrogen-bond acceptors (Lipinski definition) is 6. The molecule has 3 rings (SSSR count). The first-order valence-corrected chi connectivity index (χ1v) is 12.2. The Hall–Kier alpha value is -3.42. The maximum Gasteiger partial charge on any atom is 0.405 e. The van der Waals surface area contributed by atoms with Gasteiger partial charge in [-0.25, -0.2) is 18.1 Å². The number of nitrogens with one attached hydrogen (secondary N) is 1. The molecule has 2 N–H and O–H groups in total. The predicted molar refractivity (Wildman–Crippen MR) is 120 cm³/mol. The standard InChI is InChI=1S/C23H25N3O6S/c1-33(30,31)20-4-2-3-19(15-20)18-7-5-17(6-8-18)9-12-26(16-24)21(27)23(25-22(28)29)10-13-32-14-11-23/h2-8,15,25H,9-14H2,1H3,(H,28,29). The fourth-order valence-electron chi connectivity index (χ4n) is 3.78. The normalized spacial score (nSPS) is 15.3. The smallest absolute Gasteiger partial charge is 0.405 e. The minimum Gasteiger partial charge on any atom is -0.465 e. The summed E-state index contributed by atoms with van der Waals surface area (Å²) in [5.41, 5.74) is 1.11. The second-order valence-corrected chi connectivity index (χ2v) is 9.94. The van der Waals surface area contributed by atoms with Crippen molar-refractivity contribution in [1.82, 2.24) is 10.2 Å². The Morgan fingerprint density at radius 3 is 2.39 bits per heavy atom. The molecule has 2 amide bonds. The van der Waals surface area contributed by atoms with Gasteiger partial charge in [0.2, 0.25) is 0 Å². The molecule has 0 unspecified atom stereocenters. The van der Waals surface area contributed by atoms with Gasteiger partial charge < -0.3 is 15.2 Å². The van der Waals surface area contributed by atoms with Gasteiger partial charge in [0.15, 0.2) is 16.0 Å². The zero-order chi connectivity index (χ0) is 24.1. The van der Waals surface area contributed by atoms with Crippen molar-refractivity contribution in [3.05, 3.63) is 54.1 Å². The van der Waals surface area contributed by atoms with E-state index >= 15 is 0 Å². The van der Waals surface area contributed by atoms with Gasteiger partial charge in [0.1, 0.15) is 5.54 Å². The van der Waals surface area contributed by atoms with Crippen molar-refractivity contribution < 1.29 is 27.9 Å². The first-order chi connectivity index (χ1) is 15.6. The fourth-order valence-corrected chi connectivity index (χ4v) is 4.45. The van der Waals surface area contributed by atoms with Crippen LogP contribution in [0.25, 0.3) is 11.1 Å². The molecule has 0 atom stereocenters. The summed E-state index contributed by atoms with van der Waals surface area (Å²) in [5, 5.41) is 21.0. The second kappa shape index (κ2) is 10.0. The Kier molecular flexibility index (Phi) is 7.36. The van der Waals surface area contributed by atoms with Crippen LogP contribution in [0.5, 0.6) is 0 Å². The predicted octanol–water partition coefficient (Wildman–Crippen LogP) is 2.43. The maximum atomic E-state index is 13.0. The van der Waals surface area contributed by atoms with Crippen molar-refractivity contribution in [1.29, 1.82) is 5.26 Å². The summed E-state index contributed by atoms with van der Waals surface area (Å²) in [6, 6.07) is 14.1. The molecule has 33 heavy (non-hydrogen) atoms. The lowest BCUT2D eigenvalue weighted by molar-refractivity contribution is -0.139. The van der Waals surface area contributed by atoms with Crippen molar-refractivity contribution in [3.63, 3.8) is 0 Å². The van der Waals surface area contributed by atoms with Crippen LogP contribution in [-0.4, -0.2) is 62.0 Å². The topological polar surface area (TPSA) is 137 Å². The van der Waals surface area contributed by atoms with Crippen LogP contribution < -0.4 is 5.32 Å². The van der Waals surface area contributed by atoms with Gasteiger partial charge in [0.05, 0.1) is 4.90 Å². The van der Waals surface area contributed by atoms with E-state index in [0.29, 0.717) is 6.42 Å². The summed E-state index contributed by atoms with van der Waals surface area (Å²) in [4.78, 5) is 25.5. The second-order valence-electron chi connectivity index (χ2n) is 7.93. The molecule has 9 nitrogen and oxygen atoms in total. The average molecular weight is 472 g/mol. The highest BCUT2D eigenvalue weighted by atomic mass is 32.2. The molecule has 1 fully saturated rings. The Morgan fingerprint density at radius 1 is 1.15 bits per heavy atom. The van der Waals surface area contributed by atoms with Gasteiger partial charge in [-0.1, -0.05) is 36.4 Å². The van der Waals surface area contributed by atoms with E-state index < -0.39 is 27.4 Å². The molecule has 2 aromatic rings. The lowest BCUT2D eigenvalue weighted by Gasteiger charge is -2.37. The van der Waals surface area contributed by atoms with Crippen molar-refractivity contribution in [2.75, 3.05) is 26.0 Å². The highest BCUT2D eigenvalue weighted by Crippen LogP contribution is 2.25. The van der Waals surface area contributed by atoms with E-state index in [1.54, 1.807) is 18.2 Å². The fraction of sp³-hybridized carbons (Fsp3) is 0.348. The lowest BCUT2D eigenvalue weighted by Crippen LogP contribution is -2.61. The van der Waals surface area contributed by atoms with E-state index in [2.05, 4.69) is 5.32 Å². The van der Waals surface area contributed by atoms with Crippen molar-refractivity contribution >= 4 is 21.8 Å². The van der Waals surface area contributed by atoms with E-state index in [9.17, 15) is 28.4 Å². The van der Waals surface area contributed by atoms with Gasteiger partial charge in [-0.05, 0) is 35.2 Å². The quantitative estimate of drug-likeness (QED) is 0.467. The molecular formula is C23H25N3O6S. The summed E-state index contributed by atoms with van der Waals surface area (Å²) >= 11 is 0. The van der Waals surface area contributed by atoms with Gasteiger partial charge in [-0.2, -0.15) is 5.26 Å². The van der Waals surface area contributed by atoms with Crippen molar-refractivity contribution in [2.24, 2.45) is 0 Å². The number of carboxylic acid groups (broad SMARTS) is 1. The van der Waals surface area contributed by atoms with E-state index in [0.717, 1.165) is 27.8 Å². The zero-order valence-corrected chi connectivity index (χ0v) is 19.0. The van der Waals surface area contributed by atoms with Gasteiger partial charge in [0.25, 0.3) is 5.91 Å². The summed E-state index contributed by atoms with van der Waals surface area (Å²) in [6.07, 6.45) is 2.44. The van der Waals surface area contributed by atoms with E-state index in [1.165, 1.54) is 0 Å². The highest BCUT2D eigenvalue weighted by molar-refractivity contribution is 7.90. The number of nitrogens with zero attached hydrogens (tertiary/aromatic N) is 2. The number of nitriles is 1. The number of amides is 2. The van der Waals surface area contributed by atoms with Crippen LogP contribution in [0.4, 0.5) is 4.79 Å². The summed E-state index contributed by atoms with van der Waals surface area (Å²) < 4.78 is 28.8. The van der Waals surface area contributed by atoms with Crippen molar-refractivity contribution in [2.45, 2.75) is 29.7 Å². The van der Waals surface area contributed by atoms with Crippen LogP contribution in [0.1, 0.15) is 18.4 Å². The number of hydrogen-bond donors (Lipinski definition) is 2. The van der Waals surface area contributed by atoms with Crippen LogP contribution in [0, 0.1) is 11.5 Å². The number of carbonyl (C=O) groups excluding carboxylic acids is 1. The minimum atomic E-state index is -3.31. The largest absolute Gasteiger partial charge is 0.465 e. The molecule has 1 saturated heterocycles. The first-order valence-electron chi connectivity index (χ1n) is 10.3. The number of carbonyl (C=O) groups is 2. The molecule has 1 aliphatic rings. The molecule has 0 bridgehead atoms. The summed E-state index contributed by atoms with van der Waals surface area (Å²) in [7, 11) is -3.31. The molecule has 2 aromatic carbocycles. The van der Waals surface area contributed by atoms with Gasteiger partial charge in [0, 0.05) is 38.9 Å². The number of rotatable bonds is 7. The van der Waals surface area contributed by atoms with E-state index in [1.807, 2.05) is 36.5 Å². The Labute approximate surface area is 192 Å². The summed E-state index contributed by atoms with van der Waals surface area (Å²) in [5.74, 6) is -0.579. The zero-order valence-electron chi connectivity index (χ0n) is 18.2. The van der Waals surface area contributed by atoms with Gasteiger partial charge >= 0.3 is 6.09 Å². The Balaban J connectivity index is 1.70. The molecule has 174 valence electrons. The van der Waals surface area contributed by atoms with Gasteiger partial charge in [-0.3, -0.25) is 4.79 Å². The molecule has 0 saturated carbocycles. The van der Waals surface area contributed by atoms with Crippen LogP contribution in [0.2, 0.25) is 0 Å². The number of benzene rings is 2. The third-order valence-corrected chi connectivity index (χ3v) is 6.75. The Bertz CT molecular complexity index is 1170. The minimum absolute atomic E-state index is 0.0994. The third-order valence-electron chi connectivity index (χ3n) is 5.64. The third kappa shape index (κ3) is 5.88. The molecule has 1 heterocycles. The highest BCUT2D eigenvalue weighted by Gasteiger charge is 2.44. The molecule has 1 aliphatic heterocycles. The number of ether oxygens (including phenoxy) is 1. The van der Waals surface area contributed by atoms with E-state index in [4.69, 9.17) is 4.74 Å². The SMILES string of the molecule is CS(=O)(=O)c1cccc(-c2ccc(CCN(C#N)C(=O)C3(NC(=O)O)CCOCC3)cc2)c1. The Morgan fingerprint density at radius 2 is 1.82 bits per heavy atom. The van der Waals surface area contributed by atoms with Crippen LogP contribution in [0.3, 0.4) is 0 Å². The molecule has 0 aliphatic carbocycles. The lowest BCUT2D eigenvalue weighted by atomic mass is 9.88. The average Bonchev–Trinajstić information content (AvgIpc) is 2.79. The van der Waals surface area contributed by atoms with Gasteiger partial charge in [-0.15, -0.1) is 0 Å². The maximum absolute atomic E-state index is 13.0. The molecule has 10 heteroatoms. The molecule has 0 aromatic heterocycles. The van der Waals surface area contributed by atoms with Crippen LogP contribution >= 0.6 is 0 Å². The van der Waals surface area contributed by atoms with Crippen molar-refractivity contribution in [3.8, 4) is 17.3 Å². The first kappa shape index (κ1) is 24.2. The monoisotopic (exact) mass is 471 g/mol. The molecule has 0 radical (unpaired) electrons. The van der Waals surface area contributed by atoms with Crippen LogP contribution in [0.15, 0.2) is 53.4 Å². The van der Waals surface area contributed by atoms with Crippen LogP contribution in [-0.2, 0) is 25.8 Å². The number of sulfone groups is 1. The molecular weight excluding hydrogens is 446 g/mol. The molecule has 0 spiro atoms. The van der Waals surface area contributed by atoms with E-state index in [-0.39, 0.29) is 37.5 Å². The summed E-state index contributed by atoms with van der Waals surface area (Å²) in [6.45, 7) is 0.558.